The van der Waals surface area contributed by atoms with Gasteiger partial charge in [-0.3, -0.25) is 24.7 Å². The third-order valence-corrected chi connectivity index (χ3v) is 5.38. The van der Waals surface area contributed by atoms with Crippen molar-refractivity contribution in [3.05, 3.63) is 105 Å². The Morgan fingerprint density at radius 1 is 1.15 bits per heavy atom. The van der Waals surface area contributed by atoms with Gasteiger partial charge in [0.05, 0.1) is 23.6 Å². The summed E-state index contributed by atoms with van der Waals surface area (Å²) in [6, 6.07) is 14.5. The van der Waals surface area contributed by atoms with Crippen molar-refractivity contribution >= 4 is 23.1 Å². The fourth-order valence-electron chi connectivity index (χ4n) is 3.79. The summed E-state index contributed by atoms with van der Waals surface area (Å²) in [6.45, 7) is 0.0329. The molecule has 0 spiro atoms. The van der Waals surface area contributed by atoms with E-state index in [9.17, 15) is 24.8 Å². The Hall–Kier alpha value is -4.53. The fourth-order valence-corrected chi connectivity index (χ4v) is 3.79. The van der Waals surface area contributed by atoms with E-state index < -0.39 is 22.7 Å². The predicted octanol–water partition coefficient (Wildman–Crippen LogP) is 3.62. The van der Waals surface area contributed by atoms with Gasteiger partial charge in [-0.15, -0.1) is 0 Å². The summed E-state index contributed by atoms with van der Waals surface area (Å²) < 4.78 is 5.13. The molecule has 1 amide bonds. The summed E-state index contributed by atoms with van der Waals surface area (Å²) in [5, 5.41) is 22.4. The highest BCUT2D eigenvalue weighted by Crippen LogP contribution is 2.41. The molecule has 1 aliphatic rings. The standard InChI is InChI=1S/C24H19N3O6/c1-33-19-9-7-16(8-10-19)22(28)20-21(17-5-2-6-18(12-17)27(31)32)26(24(30)23(20)29)14-15-4-3-11-25-13-15/h2-13,21,28H,14H2,1H3. The first-order valence-electron chi connectivity index (χ1n) is 9.97. The van der Waals surface area contributed by atoms with Crippen molar-refractivity contribution in [1.82, 2.24) is 9.88 Å². The van der Waals surface area contributed by atoms with Gasteiger partial charge >= 0.3 is 0 Å². The second-order valence-corrected chi connectivity index (χ2v) is 7.37. The number of carbonyl (C=O) groups excluding carboxylic acids is 2. The molecular formula is C24H19N3O6. The first-order chi connectivity index (χ1) is 15.9. The molecule has 1 unspecified atom stereocenters. The summed E-state index contributed by atoms with van der Waals surface area (Å²) in [5.41, 5.74) is 0.977. The molecule has 9 heteroatoms. The second kappa shape index (κ2) is 8.91. The number of hydrogen-bond donors (Lipinski definition) is 1. The summed E-state index contributed by atoms with van der Waals surface area (Å²) >= 11 is 0. The van der Waals surface area contributed by atoms with Gasteiger partial charge in [0.15, 0.2) is 0 Å². The van der Waals surface area contributed by atoms with Crippen molar-refractivity contribution in [3.8, 4) is 5.75 Å². The molecule has 0 saturated carbocycles. The van der Waals surface area contributed by atoms with Crippen LogP contribution in [0.25, 0.3) is 5.76 Å². The van der Waals surface area contributed by atoms with Gasteiger partial charge in [-0.05, 0) is 41.5 Å². The van der Waals surface area contributed by atoms with Gasteiger partial charge < -0.3 is 14.7 Å². The normalized spacial score (nSPS) is 17.2. The van der Waals surface area contributed by atoms with Crippen molar-refractivity contribution in [1.29, 1.82) is 0 Å². The number of ether oxygens (including phenoxy) is 1. The minimum absolute atomic E-state index is 0.0329. The summed E-state index contributed by atoms with van der Waals surface area (Å²) in [6.07, 6.45) is 3.15. The van der Waals surface area contributed by atoms with E-state index in [1.54, 1.807) is 54.9 Å². The lowest BCUT2D eigenvalue weighted by Gasteiger charge is -2.25. The van der Waals surface area contributed by atoms with Gasteiger partial charge in [0, 0.05) is 36.6 Å². The number of likely N-dealkylation sites (tertiary alicyclic amines) is 1. The number of aliphatic hydroxyl groups is 1. The van der Waals surface area contributed by atoms with Gasteiger partial charge in [-0.2, -0.15) is 0 Å². The third kappa shape index (κ3) is 4.16. The molecule has 1 fully saturated rings. The van der Waals surface area contributed by atoms with Crippen molar-refractivity contribution in [2.24, 2.45) is 0 Å². The smallest absolute Gasteiger partial charge is 0.295 e. The first-order valence-corrected chi connectivity index (χ1v) is 9.97. The molecule has 1 aliphatic heterocycles. The molecular weight excluding hydrogens is 426 g/mol. The molecule has 0 bridgehead atoms. The number of aromatic nitrogens is 1. The van der Waals surface area contributed by atoms with Crippen LogP contribution in [0.1, 0.15) is 22.7 Å². The van der Waals surface area contributed by atoms with Crippen LogP contribution in [-0.4, -0.2) is 38.7 Å². The third-order valence-electron chi connectivity index (χ3n) is 5.38. The van der Waals surface area contributed by atoms with Gasteiger partial charge in [0.2, 0.25) is 0 Å². The number of ketones is 1. The van der Waals surface area contributed by atoms with Crippen LogP contribution in [0.15, 0.2) is 78.6 Å². The molecule has 9 nitrogen and oxygen atoms in total. The van der Waals surface area contributed by atoms with E-state index in [4.69, 9.17) is 4.74 Å². The molecule has 1 atom stereocenters. The first kappa shape index (κ1) is 21.7. The minimum Gasteiger partial charge on any atom is -0.507 e. The molecule has 1 aromatic heterocycles. The van der Waals surface area contributed by atoms with Crippen molar-refractivity contribution in [2.75, 3.05) is 7.11 Å². The Kier molecular flexibility index (Phi) is 5.86. The number of methoxy groups -OCH3 is 1. The molecule has 33 heavy (non-hydrogen) atoms. The number of pyridine rings is 1. The Morgan fingerprint density at radius 2 is 1.91 bits per heavy atom. The number of benzene rings is 2. The average Bonchev–Trinajstić information content (AvgIpc) is 3.09. The van der Waals surface area contributed by atoms with Crippen LogP contribution >= 0.6 is 0 Å². The van der Waals surface area contributed by atoms with E-state index in [0.717, 1.165) is 0 Å². The minimum atomic E-state index is -1.02. The molecule has 166 valence electrons. The zero-order valence-electron chi connectivity index (χ0n) is 17.5. The maximum Gasteiger partial charge on any atom is 0.295 e. The van der Waals surface area contributed by atoms with E-state index >= 15 is 0 Å². The topological polar surface area (TPSA) is 123 Å². The average molecular weight is 445 g/mol. The quantitative estimate of drug-likeness (QED) is 0.202. The molecule has 1 N–H and O–H groups in total. The summed E-state index contributed by atoms with van der Waals surface area (Å²) in [4.78, 5) is 42.2. The molecule has 4 rings (SSSR count). The van der Waals surface area contributed by atoms with Crippen LogP contribution < -0.4 is 4.74 Å². The lowest BCUT2D eigenvalue weighted by molar-refractivity contribution is -0.384. The van der Waals surface area contributed by atoms with Crippen molar-refractivity contribution < 1.29 is 24.4 Å². The van der Waals surface area contributed by atoms with Crippen LogP contribution in [0.2, 0.25) is 0 Å². The lowest BCUT2D eigenvalue weighted by Crippen LogP contribution is -2.29. The Morgan fingerprint density at radius 3 is 2.55 bits per heavy atom. The number of hydrogen-bond acceptors (Lipinski definition) is 7. The van der Waals surface area contributed by atoms with E-state index in [2.05, 4.69) is 4.98 Å². The Labute approximate surface area is 188 Å². The zero-order chi connectivity index (χ0) is 23.5. The molecule has 3 aromatic rings. The molecule has 2 aromatic carbocycles. The van der Waals surface area contributed by atoms with Gasteiger partial charge in [-0.25, -0.2) is 0 Å². The number of amides is 1. The van der Waals surface area contributed by atoms with E-state index in [1.807, 2.05) is 0 Å². The van der Waals surface area contributed by atoms with Crippen molar-refractivity contribution in [3.63, 3.8) is 0 Å². The maximum atomic E-state index is 13.1. The van der Waals surface area contributed by atoms with Crippen LogP contribution in [-0.2, 0) is 16.1 Å². The number of non-ortho nitro benzene ring substituents is 1. The number of rotatable bonds is 6. The zero-order valence-corrected chi connectivity index (χ0v) is 17.5. The van der Waals surface area contributed by atoms with E-state index in [1.165, 1.54) is 30.2 Å². The summed E-state index contributed by atoms with van der Waals surface area (Å²) in [7, 11) is 1.50. The van der Waals surface area contributed by atoms with Crippen LogP contribution in [0.3, 0.4) is 0 Å². The lowest BCUT2D eigenvalue weighted by atomic mass is 9.95. The number of nitro benzene ring substituents is 1. The highest BCUT2D eigenvalue weighted by Gasteiger charge is 2.46. The molecule has 0 aliphatic carbocycles. The highest BCUT2D eigenvalue weighted by atomic mass is 16.6. The maximum absolute atomic E-state index is 13.1. The van der Waals surface area contributed by atoms with Crippen LogP contribution in [0.5, 0.6) is 5.75 Å². The molecule has 0 radical (unpaired) electrons. The van der Waals surface area contributed by atoms with E-state index in [-0.39, 0.29) is 23.6 Å². The Balaban J connectivity index is 1.87. The fraction of sp³-hybridized carbons (Fsp3) is 0.125. The highest BCUT2D eigenvalue weighted by molar-refractivity contribution is 6.46. The summed E-state index contributed by atoms with van der Waals surface area (Å²) in [5.74, 6) is -1.51. The largest absolute Gasteiger partial charge is 0.507 e. The van der Waals surface area contributed by atoms with Gasteiger partial charge in [0.1, 0.15) is 11.5 Å². The van der Waals surface area contributed by atoms with Crippen LogP contribution in [0, 0.1) is 10.1 Å². The molecule has 2 heterocycles. The monoisotopic (exact) mass is 445 g/mol. The van der Waals surface area contributed by atoms with E-state index in [0.29, 0.717) is 22.4 Å². The number of aliphatic hydroxyl groups excluding tert-OH is 1. The Bertz CT molecular complexity index is 1250. The number of Topliss-reactive ketones (excluding diaryl/α,β-unsaturated/α-hetero) is 1. The van der Waals surface area contributed by atoms with Crippen molar-refractivity contribution in [2.45, 2.75) is 12.6 Å². The molecule has 1 saturated heterocycles. The number of nitrogens with zero attached hydrogens (tertiary/aromatic N) is 3. The van der Waals surface area contributed by atoms with Gasteiger partial charge in [0.25, 0.3) is 17.4 Å². The number of carbonyl (C=O) groups is 2. The van der Waals surface area contributed by atoms with Gasteiger partial charge in [-0.1, -0.05) is 18.2 Å². The SMILES string of the molecule is COc1ccc(C(O)=C2C(=O)C(=O)N(Cc3cccnc3)C2c2cccc([N+](=O)[O-])c2)cc1. The predicted molar refractivity (Wildman–Crippen MR) is 118 cm³/mol. The van der Waals surface area contributed by atoms with Crippen LogP contribution in [0.4, 0.5) is 5.69 Å². The second-order valence-electron chi connectivity index (χ2n) is 7.37. The number of nitro groups is 1.